The van der Waals surface area contributed by atoms with Gasteiger partial charge < -0.3 is 16.2 Å². The number of carboxylic acids is 1. The number of benzene rings is 1. The molecule has 132 valence electrons. The van der Waals surface area contributed by atoms with Gasteiger partial charge in [0, 0.05) is 40.8 Å². The molecule has 1 aromatic carbocycles. The topological polar surface area (TPSA) is 123 Å². The summed E-state index contributed by atoms with van der Waals surface area (Å²) in [4.78, 5) is 26.7. The van der Waals surface area contributed by atoms with E-state index in [2.05, 4.69) is 22.0 Å². The molecule has 0 aliphatic rings. The number of aryl methyl sites for hydroxylation is 1. The van der Waals surface area contributed by atoms with Crippen LogP contribution in [-0.4, -0.2) is 38.1 Å². The molecule has 0 unspecified atom stereocenters. The lowest BCUT2D eigenvalue weighted by Gasteiger charge is -2.13. The molecular weight excluding hydrogens is 334 g/mol. The minimum absolute atomic E-state index is 0.0868. The Hall–Kier alpha value is -3.68. The van der Waals surface area contributed by atoms with Gasteiger partial charge in [0.1, 0.15) is 6.54 Å². The van der Waals surface area contributed by atoms with E-state index in [4.69, 9.17) is 10.8 Å². The highest BCUT2D eigenvalue weighted by molar-refractivity contribution is 6.19. The first-order valence-corrected chi connectivity index (χ1v) is 7.76. The van der Waals surface area contributed by atoms with Gasteiger partial charge in [0.05, 0.1) is 5.69 Å². The lowest BCUT2D eigenvalue weighted by atomic mass is 9.99. The van der Waals surface area contributed by atoms with Crippen molar-refractivity contribution >= 4 is 28.8 Å². The van der Waals surface area contributed by atoms with E-state index in [1.54, 1.807) is 28.9 Å². The van der Waals surface area contributed by atoms with Crippen molar-refractivity contribution in [2.45, 2.75) is 6.92 Å². The van der Waals surface area contributed by atoms with Gasteiger partial charge in [0.25, 0.3) is 0 Å². The maximum absolute atomic E-state index is 11.6. The van der Waals surface area contributed by atoms with Gasteiger partial charge in [0.2, 0.25) is 5.91 Å². The van der Waals surface area contributed by atoms with E-state index in [0.717, 1.165) is 22.5 Å². The van der Waals surface area contributed by atoms with Crippen LogP contribution in [-0.2, 0) is 9.59 Å². The molecule has 2 heterocycles. The second kappa shape index (κ2) is 6.67. The SMILES string of the molecule is C=C(C(N)=O)c1cc(-c2cnc3cc(C)nn3c2)ccc1NCC(=O)O. The maximum Gasteiger partial charge on any atom is 0.322 e. The number of fused-ring (bicyclic) bond motifs is 1. The van der Waals surface area contributed by atoms with Crippen molar-refractivity contribution in [3.05, 3.63) is 54.5 Å². The molecule has 0 atom stereocenters. The number of amides is 1. The molecule has 0 saturated carbocycles. The van der Waals surface area contributed by atoms with Crippen LogP contribution in [0.3, 0.4) is 0 Å². The highest BCUT2D eigenvalue weighted by Gasteiger charge is 2.14. The summed E-state index contributed by atoms with van der Waals surface area (Å²) < 4.78 is 1.67. The molecule has 4 N–H and O–H groups in total. The second-order valence-electron chi connectivity index (χ2n) is 5.78. The lowest BCUT2D eigenvalue weighted by Crippen LogP contribution is -2.16. The number of nitrogens with one attached hydrogen (secondary N) is 1. The van der Waals surface area contributed by atoms with E-state index < -0.39 is 11.9 Å². The summed E-state index contributed by atoms with van der Waals surface area (Å²) in [5.74, 6) is -1.70. The first-order chi connectivity index (χ1) is 12.3. The molecule has 1 amide bonds. The number of rotatable bonds is 6. The average molecular weight is 351 g/mol. The summed E-state index contributed by atoms with van der Waals surface area (Å²) in [7, 11) is 0. The fraction of sp³-hybridized carbons (Fsp3) is 0.111. The Kier molecular flexibility index (Phi) is 4.40. The van der Waals surface area contributed by atoms with Crippen molar-refractivity contribution in [1.82, 2.24) is 14.6 Å². The number of carbonyl (C=O) groups excluding carboxylic acids is 1. The van der Waals surface area contributed by atoms with Crippen LogP contribution in [0, 0.1) is 6.92 Å². The van der Waals surface area contributed by atoms with Crippen LogP contribution in [0.15, 0.2) is 43.2 Å². The Morgan fingerprint density at radius 3 is 2.77 bits per heavy atom. The number of nitrogens with zero attached hydrogens (tertiary/aromatic N) is 3. The normalized spacial score (nSPS) is 10.7. The summed E-state index contributed by atoms with van der Waals surface area (Å²) in [5.41, 5.74) is 9.47. The van der Waals surface area contributed by atoms with Crippen molar-refractivity contribution in [1.29, 1.82) is 0 Å². The molecule has 0 fully saturated rings. The van der Waals surface area contributed by atoms with Gasteiger partial charge in [-0.1, -0.05) is 12.6 Å². The summed E-state index contributed by atoms with van der Waals surface area (Å²) >= 11 is 0. The Morgan fingerprint density at radius 1 is 1.31 bits per heavy atom. The molecule has 3 aromatic rings. The number of anilines is 1. The fourth-order valence-electron chi connectivity index (χ4n) is 2.58. The summed E-state index contributed by atoms with van der Waals surface area (Å²) in [6, 6.07) is 7.06. The molecule has 0 radical (unpaired) electrons. The quantitative estimate of drug-likeness (QED) is 0.581. The molecule has 2 aromatic heterocycles. The van der Waals surface area contributed by atoms with E-state index in [-0.39, 0.29) is 12.1 Å². The molecule has 3 rings (SSSR count). The molecule has 0 bridgehead atoms. The van der Waals surface area contributed by atoms with E-state index in [9.17, 15) is 9.59 Å². The van der Waals surface area contributed by atoms with Crippen LogP contribution in [0.5, 0.6) is 0 Å². The third kappa shape index (κ3) is 3.39. The van der Waals surface area contributed by atoms with Crippen molar-refractivity contribution in [2.75, 3.05) is 11.9 Å². The lowest BCUT2D eigenvalue weighted by molar-refractivity contribution is -0.134. The average Bonchev–Trinajstić information content (AvgIpc) is 2.98. The van der Waals surface area contributed by atoms with Crippen molar-refractivity contribution in [3.63, 3.8) is 0 Å². The molecule has 26 heavy (non-hydrogen) atoms. The minimum Gasteiger partial charge on any atom is -0.480 e. The predicted octanol–water partition coefficient (Wildman–Crippen LogP) is 1.70. The number of hydrogen-bond acceptors (Lipinski definition) is 5. The zero-order chi connectivity index (χ0) is 18.8. The van der Waals surface area contributed by atoms with E-state index in [1.807, 2.05) is 19.2 Å². The molecule has 8 heteroatoms. The Bertz CT molecular complexity index is 1040. The second-order valence-corrected chi connectivity index (χ2v) is 5.78. The first-order valence-electron chi connectivity index (χ1n) is 7.76. The Morgan fingerprint density at radius 2 is 2.08 bits per heavy atom. The van der Waals surface area contributed by atoms with Crippen molar-refractivity contribution in [3.8, 4) is 11.1 Å². The number of aliphatic carboxylic acids is 1. The standard InChI is InChI=1S/C18H17N5O3/c1-10-5-16-21-7-13(9-23(16)22-10)12-3-4-15(20-8-17(24)25)14(6-12)11(2)18(19)26/h3-7,9,20H,2,8H2,1H3,(H2,19,26)(H,24,25). The van der Waals surface area contributed by atoms with Gasteiger partial charge in [-0.3, -0.25) is 9.59 Å². The largest absolute Gasteiger partial charge is 0.480 e. The highest BCUT2D eigenvalue weighted by Crippen LogP contribution is 2.29. The molecule has 0 aliphatic heterocycles. The van der Waals surface area contributed by atoms with Crippen molar-refractivity contribution in [2.24, 2.45) is 5.73 Å². The van der Waals surface area contributed by atoms with Crippen molar-refractivity contribution < 1.29 is 14.7 Å². The van der Waals surface area contributed by atoms with E-state index in [1.165, 1.54) is 0 Å². The predicted molar refractivity (Wildman–Crippen MR) is 97.5 cm³/mol. The first kappa shape index (κ1) is 17.2. The Balaban J connectivity index is 2.06. The molecule has 0 spiro atoms. The van der Waals surface area contributed by atoms with Crippen LogP contribution in [0.2, 0.25) is 0 Å². The summed E-state index contributed by atoms with van der Waals surface area (Å²) in [5, 5.41) is 15.9. The molecule has 0 aliphatic carbocycles. The van der Waals surface area contributed by atoms with Gasteiger partial charge in [-0.15, -0.1) is 0 Å². The Labute approximate surface area is 149 Å². The number of primary amides is 1. The van der Waals surface area contributed by atoms with Crippen LogP contribution in [0.1, 0.15) is 11.3 Å². The van der Waals surface area contributed by atoms with Gasteiger partial charge >= 0.3 is 5.97 Å². The van der Waals surface area contributed by atoms with Crippen LogP contribution < -0.4 is 11.1 Å². The summed E-state index contributed by atoms with van der Waals surface area (Å²) in [6.07, 6.45) is 3.53. The van der Waals surface area contributed by atoms with Crippen LogP contribution in [0.25, 0.3) is 22.3 Å². The van der Waals surface area contributed by atoms with Gasteiger partial charge in [-0.05, 0) is 24.6 Å². The third-order valence-corrected chi connectivity index (χ3v) is 3.84. The van der Waals surface area contributed by atoms with Crippen LogP contribution in [0.4, 0.5) is 5.69 Å². The maximum atomic E-state index is 11.6. The zero-order valence-corrected chi connectivity index (χ0v) is 14.1. The molecule has 8 nitrogen and oxygen atoms in total. The number of carbonyl (C=O) groups is 2. The number of hydrogen-bond donors (Lipinski definition) is 3. The molecular formula is C18H17N5O3. The highest BCUT2D eigenvalue weighted by atomic mass is 16.4. The monoisotopic (exact) mass is 351 g/mol. The minimum atomic E-state index is -1.02. The fourth-order valence-corrected chi connectivity index (χ4v) is 2.58. The number of nitrogens with two attached hydrogens (primary N) is 1. The van der Waals surface area contributed by atoms with E-state index in [0.29, 0.717) is 11.3 Å². The van der Waals surface area contributed by atoms with Crippen LogP contribution >= 0.6 is 0 Å². The van der Waals surface area contributed by atoms with Gasteiger partial charge in [-0.2, -0.15) is 5.10 Å². The third-order valence-electron chi connectivity index (χ3n) is 3.84. The number of carboxylic acid groups (broad SMARTS) is 1. The molecule has 0 saturated heterocycles. The smallest absolute Gasteiger partial charge is 0.322 e. The van der Waals surface area contributed by atoms with E-state index >= 15 is 0 Å². The zero-order valence-electron chi connectivity index (χ0n) is 14.1. The number of aromatic nitrogens is 3. The summed E-state index contributed by atoms with van der Waals surface area (Å²) in [6.45, 7) is 5.29. The van der Waals surface area contributed by atoms with Gasteiger partial charge in [0.15, 0.2) is 5.65 Å². The van der Waals surface area contributed by atoms with Gasteiger partial charge in [-0.25, -0.2) is 9.50 Å².